The maximum Gasteiger partial charge on any atom is 0.305 e. The topological polar surface area (TPSA) is 43.4 Å². The molecule has 0 aromatic carbocycles. The molecule has 8 unspecified atom stereocenters. The van der Waals surface area contributed by atoms with E-state index in [1.165, 1.54) is 12.8 Å². The van der Waals surface area contributed by atoms with Gasteiger partial charge in [0.15, 0.2) is 5.78 Å². The molecule has 3 nitrogen and oxygen atoms in total. The molecule has 0 saturated heterocycles. The fourth-order valence-electron chi connectivity index (χ4n) is 10.6. The van der Waals surface area contributed by atoms with Gasteiger partial charge in [-0.3, -0.25) is 9.59 Å². The van der Waals surface area contributed by atoms with Crippen LogP contribution in [0.5, 0.6) is 0 Å². The third kappa shape index (κ3) is 2.09. The van der Waals surface area contributed by atoms with Crippen LogP contribution in [0.15, 0.2) is 11.6 Å². The van der Waals surface area contributed by atoms with E-state index in [0.29, 0.717) is 47.7 Å². The fourth-order valence-corrected chi connectivity index (χ4v) is 10.6. The van der Waals surface area contributed by atoms with Gasteiger partial charge in [-0.25, -0.2) is 0 Å². The van der Waals surface area contributed by atoms with Gasteiger partial charge in [-0.15, -0.1) is 0 Å². The largest absolute Gasteiger partial charge is 0.461 e. The van der Waals surface area contributed by atoms with Crippen molar-refractivity contribution in [3.8, 4) is 0 Å². The number of carbonyl (C=O) groups excluding carboxylic acids is 2. The third-order valence-corrected chi connectivity index (χ3v) is 12.2. The number of fused-ring (bicyclic) bond motifs is 10. The van der Waals surface area contributed by atoms with Crippen molar-refractivity contribution in [2.24, 2.45) is 69.5 Å². The van der Waals surface area contributed by atoms with E-state index < -0.39 is 0 Å². The van der Waals surface area contributed by atoms with E-state index in [1.807, 2.05) is 6.92 Å². The summed E-state index contributed by atoms with van der Waals surface area (Å²) in [5.41, 5.74) is 1.91. The Hall–Kier alpha value is -1.12. The van der Waals surface area contributed by atoms with E-state index in [4.69, 9.17) is 4.74 Å². The lowest BCUT2D eigenvalue weighted by Gasteiger charge is -2.59. The highest BCUT2D eigenvalue weighted by Crippen LogP contribution is 2.82. The molecule has 7 aliphatic rings. The molecule has 6 saturated carbocycles. The number of ether oxygens (including phenoxy) is 1. The molecule has 6 fully saturated rings. The van der Waals surface area contributed by atoms with Crippen molar-refractivity contribution >= 4 is 11.8 Å². The summed E-state index contributed by atoms with van der Waals surface area (Å²) in [6, 6.07) is 0. The molecule has 0 heterocycles. The van der Waals surface area contributed by atoms with Crippen molar-refractivity contribution in [1.82, 2.24) is 0 Å². The third-order valence-electron chi connectivity index (χ3n) is 12.2. The minimum absolute atomic E-state index is 0.00120. The van der Waals surface area contributed by atoms with E-state index in [1.54, 1.807) is 5.57 Å². The maximum atomic E-state index is 13.0. The van der Waals surface area contributed by atoms with Crippen LogP contribution in [0.3, 0.4) is 0 Å². The van der Waals surface area contributed by atoms with E-state index in [2.05, 4.69) is 33.8 Å². The zero-order chi connectivity index (χ0) is 21.7. The minimum atomic E-state index is -0.00758. The predicted octanol–water partition coefficient (Wildman–Crippen LogP) is 5.43. The Morgan fingerprint density at radius 2 is 1.81 bits per heavy atom. The normalized spacial score (nSPS) is 58.9. The average molecular weight is 423 g/mol. The van der Waals surface area contributed by atoms with Crippen LogP contribution in [0.4, 0.5) is 0 Å². The lowest BCUT2D eigenvalue weighted by atomic mass is 9.45. The molecule has 7 rings (SSSR count). The number of ketones is 1. The number of hydrogen-bond donors (Lipinski definition) is 0. The van der Waals surface area contributed by atoms with Crippen molar-refractivity contribution < 1.29 is 14.3 Å². The van der Waals surface area contributed by atoms with Crippen molar-refractivity contribution in [3.63, 3.8) is 0 Å². The molecular weight excluding hydrogens is 384 g/mol. The molecule has 3 heteroatoms. The van der Waals surface area contributed by atoms with Crippen LogP contribution >= 0.6 is 0 Å². The second-order valence-electron chi connectivity index (χ2n) is 13.3. The zero-order valence-corrected chi connectivity index (χ0v) is 19.8. The Balaban J connectivity index is 1.30. The Morgan fingerprint density at radius 3 is 2.48 bits per heavy atom. The number of allylic oxidation sites excluding steroid dienone is 1. The second kappa shape index (κ2) is 5.50. The van der Waals surface area contributed by atoms with Crippen molar-refractivity contribution in [1.29, 1.82) is 0 Å². The van der Waals surface area contributed by atoms with Gasteiger partial charge in [0.2, 0.25) is 0 Å². The SMILES string of the molecule is CCC(=O)OC1C2C(C3C4C5C(C6=CC(=O)C7(CC7)C[C@]6(C)C4CC[C@]13C)[C@H]5C)[C@H]2C. The Labute approximate surface area is 186 Å². The number of rotatable bonds is 2. The van der Waals surface area contributed by atoms with E-state index >= 15 is 0 Å². The molecule has 0 amide bonds. The summed E-state index contributed by atoms with van der Waals surface area (Å²) in [5.74, 6) is 6.76. The van der Waals surface area contributed by atoms with Gasteiger partial charge >= 0.3 is 5.97 Å². The van der Waals surface area contributed by atoms with Gasteiger partial charge in [-0.1, -0.05) is 40.2 Å². The highest BCUT2D eigenvalue weighted by molar-refractivity contribution is 5.99. The van der Waals surface area contributed by atoms with Gasteiger partial charge in [0.25, 0.3) is 0 Å². The Kier molecular flexibility index (Phi) is 3.44. The van der Waals surface area contributed by atoms with Crippen molar-refractivity contribution in [2.75, 3.05) is 0 Å². The summed E-state index contributed by atoms with van der Waals surface area (Å²) in [7, 11) is 0. The van der Waals surface area contributed by atoms with Crippen molar-refractivity contribution in [2.45, 2.75) is 79.2 Å². The Morgan fingerprint density at radius 1 is 1.06 bits per heavy atom. The number of carbonyl (C=O) groups is 2. The molecule has 0 radical (unpaired) electrons. The van der Waals surface area contributed by atoms with Crippen LogP contribution in [0.25, 0.3) is 0 Å². The van der Waals surface area contributed by atoms with Crippen LogP contribution in [0, 0.1) is 69.5 Å². The van der Waals surface area contributed by atoms with Crippen LogP contribution in [-0.4, -0.2) is 17.9 Å². The van der Waals surface area contributed by atoms with Gasteiger partial charge < -0.3 is 4.74 Å². The summed E-state index contributed by atoms with van der Waals surface area (Å²) in [6.45, 7) is 11.8. The highest BCUT2D eigenvalue weighted by atomic mass is 16.5. The molecule has 31 heavy (non-hydrogen) atoms. The summed E-state index contributed by atoms with van der Waals surface area (Å²) < 4.78 is 6.21. The average Bonchev–Trinajstić information content (AvgIpc) is 3.67. The molecular formula is C28H38O3. The van der Waals surface area contributed by atoms with E-state index in [0.717, 1.165) is 37.0 Å². The first-order valence-corrected chi connectivity index (χ1v) is 13.1. The molecule has 0 aromatic rings. The summed E-state index contributed by atoms with van der Waals surface area (Å²) in [5, 5.41) is 0. The molecule has 0 aromatic heterocycles. The summed E-state index contributed by atoms with van der Waals surface area (Å²) in [6.07, 6.45) is 8.56. The molecule has 168 valence electrons. The van der Waals surface area contributed by atoms with Crippen LogP contribution < -0.4 is 0 Å². The van der Waals surface area contributed by atoms with Gasteiger partial charge in [-0.2, -0.15) is 0 Å². The van der Waals surface area contributed by atoms with Gasteiger partial charge in [-0.05, 0) is 90.9 Å². The van der Waals surface area contributed by atoms with Gasteiger partial charge in [0, 0.05) is 23.2 Å². The molecule has 12 atom stereocenters. The molecule has 0 aliphatic heterocycles. The molecule has 1 spiro atoms. The smallest absolute Gasteiger partial charge is 0.305 e. The lowest BCUT2D eigenvalue weighted by molar-refractivity contribution is -0.165. The molecule has 7 aliphatic carbocycles. The standard InChI is InChI=1S/C28H38O3/c1-6-18(30)31-25-22-14(3)21(22)24-23-15(7-8-26(24,25)4)27(5)12-28(9-10-28)17(29)11-16(27)19-13(2)20(19)23/h11,13-15,19-25H,6-10,12H2,1-5H3/t13-,14-,15?,19?,20?,21?,22?,23?,24?,25?,26+,27-/m1/s1. The molecule has 0 bridgehead atoms. The fraction of sp³-hybridized carbons (Fsp3) is 0.857. The lowest BCUT2D eigenvalue weighted by Crippen LogP contribution is -2.55. The van der Waals surface area contributed by atoms with E-state index in [9.17, 15) is 9.59 Å². The minimum Gasteiger partial charge on any atom is -0.461 e. The molecule has 0 N–H and O–H groups in total. The predicted molar refractivity (Wildman–Crippen MR) is 118 cm³/mol. The first-order valence-electron chi connectivity index (χ1n) is 13.1. The second-order valence-corrected chi connectivity index (χ2v) is 13.3. The monoisotopic (exact) mass is 422 g/mol. The van der Waals surface area contributed by atoms with Crippen molar-refractivity contribution in [3.05, 3.63) is 11.6 Å². The highest BCUT2D eigenvalue weighted by Gasteiger charge is 2.79. The number of hydrogen-bond acceptors (Lipinski definition) is 3. The van der Waals surface area contributed by atoms with Gasteiger partial charge in [0.05, 0.1) is 0 Å². The van der Waals surface area contributed by atoms with E-state index in [-0.39, 0.29) is 28.3 Å². The van der Waals surface area contributed by atoms with Crippen LogP contribution in [-0.2, 0) is 14.3 Å². The first-order chi connectivity index (χ1) is 14.7. The first kappa shape index (κ1) is 19.4. The summed E-state index contributed by atoms with van der Waals surface area (Å²) >= 11 is 0. The Bertz CT molecular complexity index is 929. The zero-order valence-electron chi connectivity index (χ0n) is 19.8. The maximum absolute atomic E-state index is 13.0. The van der Waals surface area contributed by atoms with Gasteiger partial charge in [0.1, 0.15) is 6.10 Å². The van der Waals surface area contributed by atoms with Crippen LogP contribution in [0.1, 0.15) is 73.1 Å². The number of esters is 1. The van der Waals surface area contributed by atoms with Crippen LogP contribution in [0.2, 0.25) is 0 Å². The summed E-state index contributed by atoms with van der Waals surface area (Å²) in [4.78, 5) is 25.3. The quantitative estimate of drug-likeness (QED) is 0.557.